The molecule has 0 saturated carbocycles. The van der Waals surface area contributed by atoms with Gasteiger partial charge in [-0.15, -0.1) is 20.4 Å². The van der Waals surface area contributed by atoms with Crippen LogP contribution in [0.1, 0.15) is 13.8 Å². The van der Waals surface area contributed by atoms with Gasteiger partial charge in [0.2, 0.25) is 11.6 Å². The van der Waals surface area contributed by atoms with Crippen molar-refractivity contribution < 1.29 is 0 Å². The minimum atomic E-state index is 0.332. The van der Waals surface area contributed by atoms with Crippen LogP contribution in [-0.4, -0.2) is 30.4 Å². The minimum absolute atomic E-state index is 0.332. The van der Waals surface area contributed by atoms with Gasteiger partial charge in [0.1, 0.15) is 0 Å². The normalized spacial score (nSPS) is 8.71. The topological polar surface area (TPSA) is 77.3 Å². The van der Waals surface area contributed by atoms with Gasteiger partial charge in [0.15, 0.2) is 6.33 Å². The molecule has 2 aromatic heterocycles. The van der Waals surface area contributed by atoms with Gasteiger partial charge in [-0.05, 0) is 6.07 Å². The van der Waals surface area contributed by atoms with E-state index in [1.165, 1.54) is 6.33 Å². The molecule has 0 radical (unpaired) electrons. The lowest BCUT2D eigenvalue weighted by atomic mass is 10.5. The quantitative estimate of drug-likeness (QED) is 0.660. The first-order valence-corrected chi connectivity index (χ1v) is 4.24. The average Bonchev–Trinajstić information content (AvgIpc) is 2.34. The molecule has 0 N–H and O–H groups in total. The van der Waals surface area contributed by atoms with Gasteiger partial charge >= 0.3 is 0 Å². The van der Waals surface area contributed by atoms with Crippen LogP contribution in [0.15, 0.2) is 24.8 Å². The minimum Gasteiger partial charge on any atom is -0.234 e. The first-order chi connectivity index (χ1) is 6.97. The fourth-order valence-corrected chi connectivity index (χ4v) is 0.708. The molecule has 14 heavy (non-hydrogen) atoms. The highest BCUT2D eigenvalue weighted by Crippen LogP contribution is 2.01. The summed E-state index contributed by atoms with van der Waals surface area (Å²) in [6.45, 7) is 4.00. The third-order valence-corrected chi connectivity index (χ3v) is 1.17. The fraction of sp³-hybridized carbons (Fsp3) is 0.250. The zero-order valence-corrected chi connectivity index (χ0v) is 7.99. The molecule has 0 saturated heterocycles. The number of nitrogens with zero attached hydrogens (tertiary/aromatic N) is 6. The lowest BCUT2D eigenvalue weighted by molar-refractivity contribution is 0.851. The fourth-order valence-electron chi connectivity index (χ4n) is 0.708. The van der Waals surface area contributed by atoms with Gasteiger partial charge in [0.25, 0.3) is 0 Å². The smallest absolute Gasteiger partial charge is 0.234 e. The summed E-state index contributed by atoms with van der Waals surface area (Å²) < 4.78 is 0. The van der Waals surface area contributed by atoms with Crippen LogP contribution in [0.25, 0.3) is 11.6 Å². The molecule has 0 bridgehead atoms. The average molecular weight is 190 g/mol. The second-order valence-electron chi connectivity index (χ2n) is 1.94. The lowest BCUT2D eigenvalue weighted by Crippen LogP contribution is -1.97. The molecule has 0 amide bonds. The van der Waals surface area contributed by atoms with E-state index in [0.717, 1.165) is 0 Å². The van der Waals surface area contributed by atoms with Gasteiger partial charge in [-0.25, -0.2) is 9.97 Å². The van der Waals surface area contributed by atoms with Crippen LogP contribution >= 0.6 is 0 Å². The monoisotopic (exact) mass is 190 g/mol. The largest absolute Gasteiger partial charge is 0.240 e. The SMILES string of the molecule is CC.c1cnc(-c2nncnn2)nc1. The molecule has 2 aromatic rings. The van der Waals surface area contributed by atoms with Crippen LogP contribution < -0.4 is 0 Å². The molecule has 0 aromatic carbocycles. The second-order valence-corrected chi connectivity index (χ2v) is 1.94. The predicted octanol–water partition coefficient (Wildman–Crippen LogP) is 0.750. The van der Waals surface area contributed by atoms with Gasteiger partial charge < -0.3 is 0 Å². The molecule has 2 rings (SSSR count). The van der Waals surface area contributed by atoms with Crippen molar-refractivity contribution in [3.8, 4) is 11.6 Å². The Balaban J connectivity index is 0.000000461. The Morgan fingerprint density at radius 2 is 1.43 bits per heavy atom. The maximum atomic E-state index is 3.93. The van der Waals surface area contributed by atoms with Crippen LogP contribution in [0.3, 0.4) is 0 Å². The van der Waals surface area contributed by atoms with Crippen molar-refractivity contribution in [3.05, 3.63) is 24.8 Å². The Labute approximate surface area is 81.5 Å². The van der Waals surface area contributed by atoms with Crippen LogP contribution in [0.4, 0.5) is 0 Å². The Bertz CT molecular complexity index is 311. The highest BCUT2D eigenvalue weighted by Gasteiger charge is 2.01. The summed E-state index contributed by atoms with van der Waals surface area (Å²) in [7, 11) is 0. The lowest BCUT2D eigenvalue weighted by Gasteiger charge is -1.91. The Kier molecular flexibility index (Phi) is 4.06. The van der Waals surface area contributed by atoms with Gasteiger partial charge in [-0.2, -0.15) is 0 Å². The summed E-state index contributed by atoms with van der Waals surface area (Å²) in [5.74, 6) is 0.760. The predicted molar refractivity (Wildman–Crippen MR) is 50.0 cm³/mol. The van der Waals surface area contributed by atoms with Crippen molar-refractivity contribution in [2.75, 3.05) is 0 Å². The van der Waals surface area contributed by atoms with E-state index < -0.39 is 0 Å². The highest BCUT2D eigenvalue weighted by molar-refractivity contribution is 5.38. The van der Waals surface area contributed by atoms with Gasteiger partial charge in [0, 0.05) is 12.4 Å². The van der Waals surface area contributed by atoms with Gasteiger partial charge in [0.05, 0.1) is 0 Å². The standard InChI is InChI=1S/C6H4N6.C2H6/c1-2-7-5(8-3-1)6-11-9-4-10-12-6;1-2/h1-4H;1-2H3. The van der Waals surface area contributed by atoms with E-state index in [-0.39, 0.29) is 0 Å². The molecule has 0 atom stereocenters. The Morgan fingerprint density at radius 3 is 2.00 bits per heavy atom. The first-order valence-electron chi connectivity index (χ1n) is 4.24. The third kappa shape index (κ3) is 2.51. The molecule has 0 aliphatic heterocycles. The molecule has 6 heteroatoms. The zero-order chi connectivity index (χ0) is 10.2. The van der Waals surface area contributed by atoms with Gasteiger partial charge in [-0.3, -0.25) is 0 Å². The Morgan fingerprint density at radius 1 is 0.857 bits per heavy atom. The summed E-state index contributed by atoms with van der Waals surface area (Å²) >= 11 is 0. The van der Waals surface area contributed by atoms with Crippen molar-refractivity contribution in [3.63, 3.8) is 0 Å². The summed E-state index contributed by atoms with van der Waals surface area (Å²) in [5, 5.41) is 14.5. The zero-order valence-electron chi connectivity index (χ0n) is 7.99. The van der Waals surface area contributed by atoms with Crippen molar-refractivity contribution >= 4 is 0 Å². The van der Waals surface area contributed by atoms with E-state index in [9.17, 15) is 0 Å². The van der Waals surface area contributed by atoms with E-state index >= 15 is 0 Å². The molecule has 0 fully saturated rings. The van der Waals surface area contributed by atoms with Crippen LogP contribution in [-0.2, 0) is 0 Å². The van der Waals surface area contributed by atoms with E-state index in [1.54, 1.807) is 18.5 Å². The third-order valence-electron chi connectivity index (χ3n) is 1.17. The van der Waals surface area contributed by atoms with E-state index in [2.05, 4.69) is 30.4 Å². The van der Waals surface area contributed by atoms with E-state index in [1.807, 2.05) is 13.8 Å². The number of rotatable bonds is 1. The molecule has 2 heterocycles. The van der Waals surface area contributed by atoms with Crippen LogP contribution in [0.5, 0.6) is 0 Å². The highest BCUT2D eigenvalue weighted by atomic mass is 15.3. The van der Waals surface area contributed by atoms with Gasteiger partial charge in [-0.1, -0.05) is 13.8 Å². The number of hydrogen-bond donors (Lipinski definition) is 0. The summed E-state index contributed by atoms with van der Waals surface area (Å²) in [5.41, 5.74) is 0. The number of hydrogen-bond acceptors (Lipinski definition) is 6. The molecule has 0 unspecified atom stereocenters. The first kappa shape index (κ1) is 10.1. The summed E-state index contributed by atoms with van der Waals surface area (Å²) in [4.78, 5) is 7.87. The van der Waals surface area contributed by atoms with Crippen molar-refractivity contribution in [2.45, 2.75) is 13.8 Å². The Hall–Kier alpha value is -1.98. The van der Waals surface area contributed by atoms with Crippen LogP contribution in [0, 0.1) is 0 Å². The summed E-state index contributed by atoms with van der Waals surface area (Å²) in [6, 6.07) is 1.72. The maximum absolute atomic E-state index is 3.93. The molecule has 0 aliphatic rings. The van der Waals surface area contributed by atoms with Crippen molar-refractivity contribution in [1.29, 1.82) is 0 Å². The second kappa shape index (κ2) is 5.63. The van der Waals surface area contributed by atoms with Crippen molar-refractivity contribution in [1.82, 2.24) is 30.4 Å². The molecular formula is C8H10N6. The molecule has 0 aliphatic carbocycles. The summed E-state index contributed by atoms with van der Waals surface area (Å²) in [6.07, 6.45) is 4.48. The molecule has 72 valence electrons. The maximum Gasteiger partial charge on any atom is 0.240 e. The molecule has 6 nitrogen and oxygen atoms in total. The van der Waals surface area contributed by atoms with Crippen LogP contribution in [0.2, 0.25) is 0 Å². The molecule has 0 spiro atoms. The number of aromatic nitrogens is 6. The van der Waals surface area contributed by atoms with E-state index in [0.29, 0.717) is 11.6 Å². The van der Waals surface area contributed by atoms with E-state index in [4.69, 9.17) is 0 Å². The molecular weight excluding hydrogens is 180 g/mol. The van der Waals surface area contributed by atoms with Crippen molar-refractivity contribution in [2.24, 2.45) is 0 Å².